The van der Waals surface area contributed by atoms with Gasteiger partial charge >= 0.3 is 0 Å². The van der Waals surface area contributed by atoms with E-state index in [0.29, 0.717) is 22.6 Å². The van der Waals surface area contributed by atoms with Crippen molar-refractivity contribution in [2.45, 2.75) is 26.3 Å². The second kappa shape index (κ2) is 7.98. The molecule has 3 N–H and O–H groups in total. The lowest BCUT2D eigenvalue weighted by Crippen LogP contribution is -2.40. The summed E-state index contributed by atoms with van der Waals surface area (Å²) >= 11 is 0. The molecule has 0 radical (unpaired) electrons. The number of amides is 1. The second-order valence-electron chi connectivity index (χ2n) is 8.15. The fourth-order valence-electron chi connectivity index (χ4n) is 2.81. The molecule has 0 aliphatic heterocycles. The minimum Gasteiger partial charge on any atom is -0.384 e. The Hall–Kier alpha value is -2.93. The van der Waals surface area contributed by atoms with Crippen LogP contribution in [0, 0.1) is 0 Å². The average Bonchev–Trinajstić information content (AvgIpc) is 3.04. The largest absolute Gasteiger partial charge is 0.384 e. The van der Waals surface area contributed by atoms with E-state index < -0.39 is 0 Å². The third-order valence-electron chi connectivity index (χ3n) is 4.16. The van der Waals surface area contributed by atoms with E-state index in [9.17, 15) is 4.79 Å². The van der Waals surface area contributed by atoms with Gasteiger partial charge in [-0.1, -0.05) is 0 Å². The van der Waals surface area contributed by atoms with Crippen LogP contribution >= 0.6 is 0 Å². The molecule has 0 saturated carbocycles. The van der Waals surface area contributed by atoms with E-state index in [2.05, 4.69) is 44.6 Å². The van der Waals surface area contributed by atoms with Crippen molar-refractivity contribution in [3.05, 3.63) is 42.1 Å². The van der Waals surface area contributed by atoms with Gasteiger partial charge in [0.05, 0.1) is 5.56 Å². The molecule has 1 aromatic carbocycles. The van der Waals surface area contributed by atoms with Crippen LogP contribution in [0.3, 0.4) is 0 Å². The second-order valence-corrected chi connectivity index (χ2v) is 8.15. The SMILES string of the molecule is CN(C)CCNc1ccc(-c2nc3c(C(=O)NC(C)(C)C)ccnc3[nH]2)cc1. The molecule has 3 rings (SSSR count). The Morgan fingerprint density at radius 3 is 2.50 bits per heavy atom. The lowest BCUT2D eigenvalue weighted by Gasteiger charge is -2.20. The summed E-state index contributed by atoms with van der Waals surface area (Å²) in [5.41, 5.74) is 3.38. The molecular formula is C21H28N6O. The van der Waals surface area contributed by atoms with Crippen molar-refractivity contribution in [3.8, 4) is 11.4 Å². The Kier molecular flexibility index (Phi) is 5.65. The fourth-order valence-corrected chi connectivity index (χ4v) is 2.81. The summed E-state index contributed by atoms with van der Waals surface area (Å²) in [6, 6.07) is 9.76. The molecule has 0 spiro atoms. The number of rotatable bonds is 6. The summed E-state index contributed by atoms with van der Waals surface area (Å²) in [4.78, 5) is 26.9. The number of likely N-dealkylation sites (N-methyl/N-ethyl adjacent to an activating group) is 1. The molecule has 0 unspecified atom stereocenters. The van der Waals surface area contributed by atoms with Gasteiger partial charge in [0.1, 0.15) is 11.3 Å². The van der Waals surface area contributed by atoms with Gasteiger partial charge in [-0.3, -0.25) is 4.79 Å². The number of pyridine rings is 1. The maximum Gasteiger partial charge on any atom is 0.254 e. The number of aromatic amines is 1. The van der Waals surface area contributed by atoms with E-state index >= 15 is 0 Å². The first kappa shape index (κ1) is 19.8. The van der Waals surface area contributed by atoms with E-state index in [1.54, 1.807) is 12.3 Å². The summed E-state index contributed by atoms with van der Waals surface area (Å²) in [6.07, 6.45) is 1.62. The minimum atomic E-state index is -0.318. The van der Waals surface area contributed by atoms with Gasteiger partial charge in [0, 0.05) is 36.1 Å². The molecule has 148 valence electrons. The maximum absolute atomic E-state index is 12.6. The van der Waals surface area contributed by atoms with E-state index in [4.69, 9.17) is 0 Å². The van der Waals surface area contributed by atoms with Crippen molar-refractivity contribution in [3.63, 3.8) is 0 Å². The Morgan fingerprint density at radius 1 is 1.14 bits per heavy atom. The number of H-pyrrole nitrogens is 1. The van der Waals surface area contributed by atoms with E-state index in [1.165, 1.54) is 0 Å². The molecule has 0 bridgehead atoms. The first-order chi connectivity index (χ1) is 13.2. The molecule has 0 aliphatic rings. The van der Waals surface area contributed by atoms with Crippen molar-refractivity contribution in [2.75, 3.05) is 32.5 Å². The molecule has 7 nitrogen and oxygen atoms in total. The van der Waals surface area contributed by atoms with Crippen LogP contribution in [-0.4, -0.2) is 58.5 Å². The van der Waals surface area contributed by atoms with Crippen LogP contribution < -0.4 is 10.6 Å². The molecular weight excluding hydrogens is 352 g/mol. The van der Waals surface area contributed by atoms with Crippen LogP contribution in [0.4, 0.5) is 5.69 Å². The highest BCUT2D eigenvalue weighted by molar-refractivity contribution is 6.04. The normalized spacial score (nSPS) is 11.8. The number of carbonyl (C=O) groups excluding carboxylic acids is 1. The summed E-state index contributed by atoms with van der Waals surface area (Å²) < 4.78 is 0. The number of anilines is 1. The highest BCUT2D eigenvalue weighted by atomic mass is 16.1. The summed E-state index contributed by atoms with van der Waals surface area (Å²) in [5, 5.41) is 6.37. The average molecular weight is 380 g/mol. The number of nitrogens with one attached hydrogen (secondary N) is 3. The molecule has 7 heteroatoms. The summed E-state index contributed by atoms with van der Waals surface area (Å²) in [6.45, 7) is 7.71. The van der Waals surface area contributed by atoms with Gasteiger partial charge in [-0.15, -0.1) is 0 Å². The van der Waals surface area contributed by atoms with Crippen molar-refractivity contribution >= 4 is 22.8 Å². The van der Waals surface area contributed by atoms with E-state index in [-0.39, 0.29) is 11.4 Å². The topological polar surface area (TPSA) is 85.9 Å². The highest BCUT2D eigenvalue weighted by Gasteiger charge is 2.19. The van der Waals surface area contributed by atoms with Crippen LogP contribution in [0.5, 0.6) is 0 Å². The predicted octanol–water partition coefficient (Wildman–Crippen LogP) is 3.13. The molecule has 0 saturated heterocycles. The number of hydrogen-bond donors (Lipinski definition) is 3. The Labute approximate surface area is 165 Å². The number of benzene rings is 1. The van der Waals surface area contributed by atoms with Crippen molar-refractivity contribution in [2.24, 2.45) is 0 Å². The summed E-state index contributed by atoms with van der Waals surface area (Å²) in [7, 11) is 4.10. The zero-order valence-electron chi connectivity index (χ0n) is 17.1. The fraction of sp³-hybridized carbons (Fsp3) is 0.381. The molecule has 0 fully saturated rings. The van der Waals surface area contributed by atoms with Gasteiger partial charge in [-0.05, 0) is 65.2 Å². The van der Waals surface area contributed by atoms with Gasteiger partial charge in [-0.2, -0.15) is 0 Å². The van der Waals surface area contributed by atoms with Gasteiger partial charge in [-0.25, -0.2) is 9.97 Å². The number of nitrogens with zero attached hydrogens (tertiary/aromatic N) is 3. The Bertz CT molecular complexity index is 953. The van der Waals surface area contributed by atoms with E-state index in [1.807, 2.05) is 45.0 Å². The lowest BCUT2D eigenvalue weighted by molar-refractivity contribution is 0.0921. The van der Waals surface area contributed by atoms with Crippen molar-refractivity contribution in [1.82, 2.24) is 25.2 Å². The Balaban J connectivity index is 1.82. The quantitative estimate of drug-likeness (QED) is 0.612. The smallest absolute Gasteiger partial charge is 0.254 e. The van der Waals surface area contributed by atoms with Crippen LogP contribution in [0.15, 0.2) is 36.5 Å². The zero-order chi connectivity index (χ0) is 20.3. The predicted molar refractivity (Wildman–Crippen MR) is 114 cm³/mol. The molecule has 28 heavy (non-hydrogen) atoms. The first-order valence-electron chi connectivity index (χ1n) is 9.39. The number of hydrogen-bond acceptors (Lipinski definition) is 5. The van der Waals surface area contributed by atoms with Gasteiger partial charge in [0.2, 0.25) is 0 Å². The standard InChI is InChI=1S/C21H28N6O/c1-21(2,3)26-20(28)16-10-11-23-19-17(16)24-18(25-19)14-6-8-15(9-7-14)22-12-13-27(4)5/h6-11,22H,12-13H2,1-5H3,(H,26,28)(H,23,24,25). The molecule has 0 aliphatic carbocycles. The van der Waals surface area contributed by atoms with Crippen molar-refractivity contribution in [1.29, 1.82) is 0 Å². The third kappa shape index (κ3) is 4.86. The van der Waals surface area contributed by atoms with Crippen molar-refractivity contribution < 1.29 is 4.79 Å². The minimum absolute atomic E-state index is 0.154. The number of imidazole rings is 1. The molecule has 0 atom stereocenters. The summed E-state index contributed by atoms with van der Waals surface area (Å²) in [5.74, 6) is 0.539. The van der Waals surface area contributed by atoms with Crippen LogP contribution in [0.2, 0.25) is 0 Å². The van der Waals surface area contributed by atoms with Crippen LogP contribution in [0.25, 0.3) is 22.6 Å². The first-order valence-corrected chi connectivity index (χ1v) is 9.39. The van der Waals surface area contributed by atoms with Gasteiger partial charge in [0.25, 0.3) is 5.91 Å². The number of aromatic nitrogens is 3. The monoisotopic (exact) mass is 380 g/mol. The van der Waals surface area contributed by atoms with Gasteiger partial charge < -0.3 is 20.5 Å². The van der Waals surface area contributed by atoms with E-state index in [0.717, 1.165) is 24.3 Å². The molecule has 3 aromatic rings. The van der Waals surface area contributed by atoms with Gasteiger partial charge in [0.15, 0.2) is 5.65 Å². The highest BCUT2D eigenvalue weighted by Crippen LogP contribution is 2.23. The number of fused-ring (bicyclic) bond motifs is 1. The number of carbonyl (C=O) groups is 1. The van der Waals surface area contributed by atoms with Crippen LogP contribution in [0.1, 0.15) is 31.1 Å². The molecule has 2 aromatic heterocycles. The third-order valence-corrected chi connectivity index (χ3v) is 4.16. The zero-order valence-corrected chi connectivity index (χ0v) is 17.1. The van der Waals surface area contributed by atoms with Crippen LogP contribution in [-0.2, 0) is 0 Å². The Morgan fingerprint density at radius 2 is 1.86 bits per heavy atom. The molecule has 2 heterocycles. The molecule has 1 amide bonds. The maximum atomic E-state index is 12.6. The lowest BCUT2D eigenvalue weighted by atomic mass is 10.1.